The summed E-state index contributed by atoms with van der Waals surface area (Å²) in [4.78, 5) is 43.7. The van der Waals surface area contributed by atoms with Gasteiger partial charge in [0.2, 0.25) is 0 Å². The summed E-state index contributed by atoms with van der Waals surface area (Å²) in [6.07, 6.45) is 0.278. The van der Waals surface area contributed by atoms with Gasteiger partial charge in [-0.2, -0.15) is 0 Å². The van der Waals surface area contributed by atoms with E-state index in [1.807, 2.05) is 13.8 Å². The van der Waals surface area contributed by atoms with Gasteiger partial charge in [-0.05, 0) is 19.3 Å². The van der Waals surface area contributed by atoms with E-state index >= 15 is 0 Å². The first kappa shape index (κ1) is 22.0. The van der Waals surface area contributed by atoms with Gasteiger partial charge in [0.05, 0.1) is 22.5 Å². The predicted molar refractivity (Wildman–Crippen MR) is 93.9 cm³/mol. The largest absolute Gasteiger partial charge is 0.465 e. The van der Waals surface area contributed by atoms with Gasteiger partial charge in [-0.3, -0.25) is 29.8 Å². The molecule has 0 spiro atoms. The average Bonchev–Trinajstić information content (AvgIpc) is 2.58. The second-order valence-corrected chi connectivity index (χ2v) is 6.35. The Morgan fingerprint density at radius 2 is 1.63 bits per heavy atom. The first-order valence-electron chi connectivity index (χ1n) is 8.35. The Morgan fingerprint density at radius 3 is 2.15 bits per heavy atom. The van der Waals surface area contributed by atoms with E-state index in [1.165, 1.54) is 6.92 Å². The Bertz CT molecular complexity index is 730. The third-order valence-electron chi connectivity index (χ3n) is 3.61. The van der Waals surface area contributed by atoms with Crippen molar-refractivity contribution in [2.45, 2.75) is 46.6 Å². The highest BCUT2D eigenvalue weighted by atomic mass is 16.6. The Balaban J connectivity index is 2.59. The fourth-order valence-electron chi connectivity index (χ4n) is 2.13. The maximum atomic E-state index is 11.8. The number of non-ortho nitro benzene ring substituents is 1. The lowest BCUT2D eigenvalue weighted by molar-refractivity contribution is -0.394. The number of benzene rings is 1. The number of nitrogens with zero attached hydrogens (tertiary/aromatic N) is 2. The highest BCUT2D eigenvalue weighted by Crippen LogP contribution is 2.28. The number of ether oxygens (including phenoxy) is 2. The van der Waals surface area contributed by atoms with Crippen molar-refractivity contribution < 1.29 is 28.9 Å². The third-order valence-corrected chi connectivity index (χ3v) is 3.61. The van der Waals surface area contributed by atoms with Gasteiger partial charge in [-0.25, -0.2) is 0 Å². The van der Waals surface area contributed by atoms with E-state index in [-0.39, 0.29) is 42.9 Å². The maximum absolute atomic E-state index is 11.8. The average molecular weight is 382 g/mol. The normalized spacial score (nSPS) is 10.5. The van der Waals surface area contributed by atoms with Gasteiger partial charge in [0, 0.05) is 30.0 Å². The van der Waals surface area contributed by atoms with Crippen LogP contribution in [0.3, 0.4) is 0 Å². The smallest absolute Gasteiger partial charge is 0.306 e. The lowest BCUT2D eigenvalue weighted by atomic mass is 10.1. The van der Waals surface area contributed by atoms with E-state index in [0.717, 1.165) is 12.1 Å². The Labute approximate surface area is 155 Å². The molecule has 0 N–H and O–H groups in total. The molecule has 0 unspecified atom stereocenters. The molecular formula is C17H22N2O8. The Kier molecular flexibility index (Phi) is 8.31. The topological polar surface area (TPSA) is 139 Å². The molecule has 0 radical (unpaired) electrons. The number of carbonyl (C=O) groups is 2. The summed E-state index contributed by atoms with van der Waals surface area (Å²) >= 11 is 0. The van der Waals surface area contributed by atoms with Crippen LogP contribution < -0.4 is 0 Å². The monoisotopic (exact) mass is 382 g/mol. The second kappa shape index (κ2) is 10.2. The number of esters is 2. The lowest BCUT2D eigenvalue weighted by Crippen LogP contribution is -2.11. The summed E-state index contributed by atoms with van der Waals surface area (Å²) in [7, 11) is 0. The summed E-state index contributed by atoms with van der Waals surface area (Å²) in [5.74, 6) is -0.789. The van der Waals surface area contributed by atoms with Crippen molar-refractivity contribution in [3.8, 4) is 0 Å². The molecule has 0 aromatic heterocycles. The minimum Gasteiger partial charge on any atom is -0.465 e. The standard InChI is InChI=1S/C17H22N2O8/c1-11(2)9-26-16(20)5-4-6-17(21)27-10-13-7-14(18(22)23)8-15(12(13)3)19(24)25/h7-8,11H,4-6,9-10H2,1-3H3. The van der Waals surface area contributed by atoms with Gasteiger partial charge in [-0.1, -0.05) is 13.8 Å². The van der Waals surface area contributed by atoms with Crippen LogP contribution in [-0.2, 0) is 25.7 Å². The van der Waals surface area contributed by atoms with Gasteiger partial charge in [0.15, 0.2) is 0 Å². The van der Waals surface area contributed by atoms with E-state index in [0.29, 0.717) is 6.61 Å². The van der Waals surface area contributed by atoms with Gasteiger partial charge >= 0.3 is 11.9 Å². The van der Waals surface area contributed by atoms with Crippen molar-refractivity contribution in [2.24, 2.45) is 5.92 Å². The first-order chi connectivity index (χ1) is 12.6. The number of nitro benzene ring substituents is 2. The minimum absolute atomic E-state index is 0.0349. The molecule has 148 valence electrons. The molecule has 1 aromatic carbocycles. The lowest BCUT2D eigenvalue weighted by Gasteiger charge is -2.09. The number of carbonyl (C=O) groups excluding carboxylic acids is 2. The molecule has 0 fully saturated rings. The molecule has 10 nitrogen and oxygen atoms in total. The highest BCUT2D eigenvalue weighted by molar-refractivity contribution is 5.72. The molecule has 0 heterocycles. The molecule has 27 heavy (non-hydrogen) atoms. The van der Waals surface area contributed by atoms with Gasteiger partial charge in [0.1, 0.15) is 6.61 Å². The van der Waals surface area contributed by atoms with Crippen LogP contribution in [0.1, 0.15) is 44.2 Å². The van der Waals surface area contributed by atoms with E-state index < -0.39 is 33.2 Å². The molecule has 0 amide bonds. The SMILES string of the molecule is Cc1c(COC(=O)CCCC(=O)OCC(C)C)cc([N+](=O)[O-])cc1[N+](=O)[O-]. The fourth-order valence-corrected chi connectivity index (χ4v) is 2.13. The van der Waals surface area contributed by atoms with Crippen LogP contribution in [0.4, 0.5) is 11.4 Å². The van der Waals surface area contributed by atoms with Crippen LogP contribution in [0, 0.1) is 33.1 Å². The third kappa shape index (κ3) is 7.38. The van der Waals surface area contributed by atoms with Crippen molar-refractivity contribution in [3.63, 3.8) is 0 Å². The van der Waals surface area contributed by atoms with E-state index in [1.54, 1.807) is 0 Å². The Morgan fingerprint density at radius 1 is 1.04 bits per heavy atom. The summed E-state index contributed by atoms with van der Waals surface area (Å²) in [6, 6.07) is 2.00. The number of nitro groups is 2. The van der Waals surface area contributed by atoms with Crippen molar-refractivity contribution in [1.29, 1.82) is 0 Å². The van der Waals surface area contributed by atoms with Crippen molar-refractivity contribution in [1.82, 2.24) is 0 Å². The minimum atomic E-state index is -0.749. The zero-order valence-corrected chi connectivity index (χ0v) is 15.4. The zero-order chi connectivity index (χ0) is 20.6. The summed E-state index contributed by atoms with van der Waals surface area (Å²) in [5, 5.41) is 21.9. The molecule has 0 aliphatic rings. The molecule has 1 aromatic rings. The molecule has 0 aliphatic heterocycles. The molecule has 0 saturated heterocycles. The second-order valence-electron chi connectivity index (χ2n) is 6.35. The van der Waals surface area contributed by atoms with Crippen LogP contribution in [-0.4, -0.2) is 28.4 Å². The van der Waals surface area contributed by atoms with Crippen LogP contribution >= 0.6 is 0 Å². The molecular weight excluding hydrogens is 360 g/mol. The molecule has 0 bridgehead atoms. The van der Waals surface area contributed by atoms with Crippen LogP contribution in [0.2, 0.25) is 0 Å². The number of rotatable bonds is 10. The Hall–Kier alpha value is -3.04. The fraction of sp³-hybridized carbons (Fsp3) is 0.529. The quantitative estimate of drug-likeness (QED) is 0.341. The summed E-state index contributed by atoms with van der Waals surface area (Å²) in [5.41, 5.74) is -0.495. The van der Waals surface area contributed by atoms with E-state index in [2.05, 4.69) is 0 Å². The summed E-state index contributed by atoms with van der Waals surface area (Å²) in [6.45, 7) is 5.23. The van der Waals surface area contributed by atoms with Crippen LogP contribution in [0.5, 0.6) is 0 Å². The van der Waals surface area contributed by atoms with Crippen LogP contribution in [0.15, 0.2) is 12.1 Å². The van der Waals surface area contributed by atoms with Crippen molar-refractivity contribution in [2.75, 3.05) is 6.61 Å². The van der Waals surface area contributed by atoms with Gasteiger partial charge < -0.3 is 9.47 Å². The first-order valence-corrected chi connectivity index (χ1v) is 8.35. The van der Waals surface area contributed by atoms with Gasteiger partial charge in [0.25, 0.3) is 11.4 Å². The van der Waals surface area contributed by atoms with Gasteiger partial charge in [-0.15, -0.1) is 0 Å². The predicted octanol–water partition coefficient (Wildman–Crippen LogP) is 3.22. The molecule has 0 aliphatic carbocycles. The van der Waals surface area contributed by atoms with Crippen molar-refractivity contribution in [3.05, 3.63) is 43.5 Å². The van der Waals surface area contributed by atoms with Crippen molar-refractivity contribution >= 4 is 23.3 Å². The van der Waals surface area contributed by atoms with Crippen LogP contribution in [0.25, 0.3) is 0 Å². The molecule has 1 rings (SSSR count). The van der Waals surface area contributed by atoms with E-state index in [4.69, 9.17) is 9.47 Å². The molecule has 0 atom stereocenters. The van der Waals surface area contributed by atoms with E-state index in [9.17, 15) is 29.8 Å². The highest BCUT2D eigenvalue weighted by Gasteiger charge is 2.22. The maximum Gasteiger partial charge on any atom is 0.306 e. The molecule has 0 saturated carbocycles. The number of hydrogen-bond donors (Lipinski definition) is 0. The number of hydrogen-bond acceptors (Lipinski definition) is 8. The summed E-state index contributed by atoms with van der Waals surface area (Å²) < 4.78 is 10.0. The zero-order valence-electron chi connectivity index (χ0n) is 15.4. The molecule has 10 heteroatoms.